The van der Waals surface area contributed by atoms with E-state index >= 15 is 0 Å². The third-order valence-corrected chi connectivity index (χ3v) is 5.09. The molecule has 2 rings (SSSR count). The summed E-state index contributed by atoms with van der Waals surface area (Å²) in [6.45, 7) is 8.00. The van der Waals surface area contributed by atoms with E-state index in [4.69, 9.17) is 4.74 Å². The van der Waals surface area contributed by atoms with Crippen molar-refractivity contribution in [2.75, 3.05) is 60.0 Å². The summed E-state index contributed by atoms with van der Waals surface area (Å²) in [4.78, 5) is 20.4. The lowest BCUT2D eigenvalue weighted by atomic mass is 10.2. The number of carbonyl (C=O) groups excluding carboxylic acids is 1. The molecule has 0 aromatic rings. The van der Waals surface area contributed by atoms with Crippen molar-refractivity contribution in [2.24, 2.45) is 10.9 Å². The molecule has 0 bridgehead atoms. The van der Waals surface area contributed by atoms with Gasteiger partial charge in [-0.1, -0.05) is 6.92 Å². The van der Waals surface area contributed by atoms with E-state index in [0.717, 1.165) is 51.1 Å². The summed E-state index contributed by atoms with van der Waals surface area (Å²) in [5, 5.41) is 6.77. The fourth-order valence-electron chi connectivity index (χ4n) is 3.14. The first-order chi connectivity index (χ1) is 12.6. The van der Waals surface area contributed by atoms with Crippen molar-refractivity contribution in [3.05, 3.63) is 0 Å². The van der Waals surface area contributed by atoms with Crippen LogP contribution in [0.3, 0.4) is 0 Å². The fourth-order valence-corrected chi connectivity index (χ4v) is 3.14. The van der Waals surface area contributed by atoms with E-state index in [2.05, 4.69) is 27.4 Å². The monoisotopic (exact) mass is 367 g/mol. The second kappa shape index (κ2) is 11.4. The Morgan fingerprint density at radius 1 is 1.27 bits per heavy atom. The van der Waals surface area contributed by atoms with Crippen LogP contribution < -0.4 is 10.6 Å². The van der Waals surface area contributed by atoms with Crippen molar-refractivity contribution >= 4 is 11.9 Å². The fraction of sp³-hybridized carbons (Fsp3) is 0.895. The minimum Gasteiger partial charge on any atom is -0.381 e. The van der Waals surface area contributed by atoms with Crippen molar-refractivity contribution in [3.63, 3.8) is 0 Å². The molecule has 2 aliphatic rings. The quantitative estimate of drug-likeness (QED) is 0.323. The number of hydrogen-bond acceptors (Lipinski definition) is 4. The van der Waals surface area contributed by atoms with Gasteiger partial charge in [-0.25, -0.2) is 4.99 Å². The highest BCUT2D eigenvalue weighted by molar-refractivity contribution is 5.84. The zero-order valence-electron chi connectivity index (χ0n) is 16.8. The summed E-state index contributed by atoms with van der Waals surface area (Å²) in [6, 6.07) is 0.554. The molecule has 1 unspecified atom stereocenters. The van der Waals surface area contributed by atoms with Gasteiger partial charge >= 0.3 is 0 Å². The number of amides is 1. The number of aliphatic imine (C=N–C) groups is 1. The van der Waals surface area contributed by atoms with Crippen molar-refractivity contribution in [1.82, 2.24) is 20.4 Å². The van der Waals surface area contributed by atoms with Gasteiger partial charge in [0.1, 0.15) is 6.54 Å². The molecule has 0 aromatic heterocycles. The van der Waals surface area contributed by atoms with Gasteiger partial charge < -0.3 is 20.3 Å². The zero-order chi connectivity index (χ0) is 18.8. The molecule has 0 radical (unpaired) electrons. The summed E-state index contributed by atoms with van der Waals surface area (Å²) in [5.74, 6) is 1.55. The molecule has 2 fully saturated rings. The number of nitrogens with zero attached hydrogens (tertiary/aromatic N) is 3. The van der Waals surface area contributed by atoms with Gasteiger partial charge in [-0.2, -0.15) is 0 Å². The first-order valence-electron chi connectivity index (χ1n) is 10.1. The highest BCUT2D eigenvalue weighted by Gasteiger charge is 2.23. The van der Waals surface area contributed by atoms with Crippen LogP contribution in [0.1, 0.15) is 39.0 Å². The number of ether oxygens (including phenoxy) is 1. The molecular weight excluding hydrogens is 330 g/mol. The molecule has 1 saturated heterocycles. The molecule has 2 N–H and O–H groups in total. The summed E-state index contributed by atoms with van der Waals surface area (Å²) < 4.78 is 5.67. The van der Waals surface area contributed by atoms with E-state index in [0.29, 0.717) is 6.04 Å². The zero-order valence-corrected chi connectivity index (χ0v) is 16.8. The van der Waals surface area contributed by atoms with Gasteiger partial charge in [0, 0.05) is 46.4 Å². The molecule has 1 amide bonds. The second-order valence-electron chi connectivity index (χ2n) is 7.56. The maximum atomic E-state index is 11.8. The second-order valence-corrected chi connectivity index (χ2v) is 7.56. The number of nitrogens with one attached hydrogen (secondary N) is 2. The van der Waals surface area contributed by atoms with Crippen molar-refractivity contribution in [1.29, 1.82) is 0 Å². The molecule has 1 atom stereocenters. The minimum absolute atomic E-state index is 0.00918. The molecule has 0 spiro atoms. The Kier molecular flexibility index (Phi) is 9.18. The third-order valence-electron chi connectivity index (χ3n) is 5.09. The molecule has 150 valence electrons. The average Bonchev–Trinajstić information content (AvgIpc) is 3.34. The first kappa shape index (κ1) is 21.0. The topological polar surface area (TPSA) is 69.2 Å². The maximum absolute atomic E-state index is 11.8. The van der Waals surface area contributed by atoms with Crippen LogP contribution in [0.5, 0.6) is 0 Å². The van der Waals surface area contributed by atoms with Crippen LogP contribution in [0, 0.1) is 5.92 Å². The molecule has 1 heterocycles. The van der Waals surface area contributed by atoms with Gasteiger partial charge in [-0.15, -0.1) is 0 Å². The molecule has 0 aromatic carbocycles. The highest BCUT2D eigenvalue weighted by Crippen LogP contribution is 2.28. The summed E-state index contributed by atoms with van der Waals surface area (Å²) >= 11 is 0. The molecular formula is C19H37N5O2. The van der Waals surface area contributed by atoms with Crippen LogP contribution in [0.25, 0.3) is 0 Å². The van der Waals surface area contributed by atoms with E-state index in [1.165, 1.54) is 32.2 Å². The van der Waals surface area contributed by atoms with Crippen molar-refractivity contribution in [3.8, 4) is 0 Å². The van der Waals surface area contributed by atoms with Gasteiger partial charge in [0.05, 0.1) is 0 Å². The van der Waals surface area contributed by atoms with Crippen LogP contribution in [0.4, 0.5) is 0 Å². The smallest absolute Gasteiger partial charge is 0.243 e. The SMILES string of the molecule is CCN1CCCC1CNC(=NCC(=O)N(C)C)NCCCOCC1CC1. The predicted octanol–water partition coefficient (Wildman–Crippen LogP) is 0.911. The number of likely N-dealkylation sites (tertiary alicyclic amines) is 1. The van der Waals surface area contributed by atoms with Crippen LogP contribution >= 0.6 is 0 Å². The number of carbonyl (C=O) groups is 1. The van der Waals surface area contributed by atoms with Gasteiger partial charge in [-0.3, -0.25) is 9.69 Å². The minimum atomic E-state index is 0.00918. The average molecular weight is 368 g/mol. The Bertz CT molecular complexity index is 451. The van der Waals surface area contributed by atoms with E-state index in [9.17, 15) is 4.79 Å². The number of rotatable bonds is 11. The number of likely N-dealkylation sites (N-methyl/N-ethyl adjacent to an activating group) is 2. The van der Waals surface area contributed by atoms with Crippen molar-refractivity contribution in [2.45, 2.75) is 45.1 Å². The Morgan fingerprint density at radius 3 is 2.77 bits per heavy atom. The number of hydrogen-bond donors (Lipinski definition) is 2. The largest absolute Gasteiger partial charge is 0.381 e. The Morgan fingerprint density at radius 2 is 2.08 bits per heavy atom. The summed E-state index contributed by atoms with van der Waals surface area (Å²) in [7, 11) is 3.51. The first-order valence-corrected chi connectivity index (χ1v) is 10.1. The van der Waals surface area contributed by atoms with Crippen molar-refractivity contribution < 1.29 is 9.53 Å². The van der Waals surface area contributed by atoms with Gasteiger partial charge in [0.15, 0.2) is 5.96 Å². The molecule has 1 aliphatic carbocycles. The Hall–Kier alpha value is -1.34. The molecule has 1 aliphatic heterocycles. The predicted molar refractivity (Wildman–Crippen MR) is 105 cm³/mol. The normalized spacial score (nSPS) is 21.0. The van der Waals surface area contributed by atoms with Crippen LogP contribution in [0.2, 0.25) is 0 Å². The standard InChI is InChI=1S/C19H37N5O2/c1-4-24-11-5-7-17(24)13-21-19(22-14-18(25)23(2)3)20-10-6-12-26-15-16-8-9-16/h16-17H,4-15H2,1-3H3,(H2,20,21,22). The number of guanidine groups is 1. The lowest BCUT2D eigenvalue weighted by Gasteiger charge is -2.24. The lowest BCUT2D eigenvalue weighted by molar-refractivity contribution is -0.127. The summed E-state index contributed by atoms with van der Waals surface area (Å²) in [5.41, 5.74) is 0. The molecule has 7 heteroatoms. The van der Waals surface area contributed by atoms with Gasteiger partial charge in [0.25, 0.3) is 0 Å². The van der Waals surface area contributed by atoms with E-state index in [1.807, 2.05) is 0 Å². The molecule has 7 nitrogen and oxygen atoms in total. The Balaban J connectivity index is 1.72. The summed E-state index contributed by atoms with van der Waals surface area (Å²) in [6.07, 6.45) is 6.08. The van der Waals surface area contributed by atoms with E-state index < -0.39 is 0 Å². The van der Waals surface area contributed by atoms with E-state index in [-0.39, 0.29) is 12.5 Å². The van der Waals surface area contributed by atoms with Gasteiger partial charge in [0.2, 0.25) is 5.91 Å². The molecule has 1 saturated carbocycles. The lowest BCUT2D eigenvalue weighted by Crippen LogP contribution is -2.45. The third kappa shape index (κ3) is 7.91. The highest BCUT2D eigenvalue weighted by atomic mass is 16.5. The Labute approximate surface area is 158 Å². The van der Waals surface area contributed by atoms with Crippen LogP contribution in [0.15, 0.2) is 4.99 Å². The van der Waals surface area contributed by atoms with Gasteiger partial charge in [-0.05, 0) is 51.1 Å². The molecule has 26 heavy (non-hydrogen) atoms. The van der Waals surface area contributed by atoms with Crippen LogP contribution in [-0.4, -0.2) is 87.7 Å². The van der Waals surface area contributed by atoms with Crippen LogP contribution in [-0.2, 0) is 9.53 Å². The maximum Gasteiger partial charge on any atom is 0.243 e. The van der Waals surface area contributed by atoms with E-state index in [1.54, 1.807) is 19.0 Å².